The average molecular weight is 347 g/mol. The Kier molecular flexibility index (Phi) is 4.86. The summed E-state index contributed by atoms with van der Waals surface area (Å²) in [5.41, 5.74) is 2.14. The van der Waals surface area contributed by atoms with Crippen LogP contribution in [-0.4, -0.2) is 24.4 Å². The summed E-state index contributed by atoms with van der Waals surface area (Å²) in [7, 11) is 0. The lowest BCUT2D eigenvalue weighted by Gasteiger charge is -2.29. The molecular weight excluding hydrogens is 326 g/mol. The molecule has 1 unspecified atom stereocenters. The van der Waals surface area contributed by atoms with Gasteiger partial charge in [-0.3, -0.25) is 0 Å². The molecule has 26 heavy (non-hydrogen) atoms. The molecule has 0 amide bonds. The third kappa shape index (κ3) is 3.57. The number of aliphatic hydroxyl groups is 1. The Bertz CT molecular complexity index is 821. The molecule has 3 aromatic carbocycles. The van der Waals surface area contributed by atoms with Gasteiger partial charge in [-0.2, -0.15) is 0 Å². The van der Waals surface area contributed by atoms with E-state index < -0.39 is 6.10 Å². The molecule has 1 aliphatic heterocycles. The van der Waals surface area contributed by atoms with Gasteiger partial charge in [0, 0.05) is 17.7 Å². The minimum Gasteiger partial charge on any atom is -0.491 e. The number of fused-ring (bicyclic) bond motifs is 2. The van der Waals surface area contributed by atoms with Crippen LogP contribution in [0.25, 0.3) is 0 Å². The molecule has 0 saturated heterocycles. The summed E-state index contributed by atoms with van der Waals surface area (Å²) in [6.07, 6.45) is -0.614. The van der Waals surface area contributed by atoms with Crippen molar-refractivity contribution >= 4 is 0 Å². The quantitative estimate of drug-likeness (QED) is 0.710. The number of benzene rings is 3. The summed E-state index contributed by atoms with van der Waals surface area (Å²) in [5.74, 6) is 2.45. The molecule has 4 nitrogen and oxygen atoms in total. The molecule has 0 aromatic heterocycles. The predicted molar refractivity (Wildman–Crippen MR) is 101 cm³/mol. The maximum atomic E-state index is 10.3. The zero-order chi connectivity index (χ0) is 17.8. The SMILES string of the molecule is OC(CNC1c2ccccc2Oc2ccccc21)COc1ccccc1. The minimum absolute atomic E-state index is 0.0254. The predicted octanol–water partition coefficient (Wildman–Crippen LogP) is 3.91. The van der Waals surface area contributed by atoms with E-state index in [1.165, 1.54) is 0 Å². The fourth-order valence-corrected chi connectivity index (χ4v) is 3.15. The van der Waals surface area contributed by atoms with Gasteiger partial charge in [0.25, 0.3) is 0 Å². The van der Waals surface area contributed by atoms with E-state index in [-0.39, 0.29) is 12.6 Å². The van der Waals surface area contributed by atoms with Gasteiger partial charge in [0.2, 0.25) is 0 Å². The lowest BCUT2D eigenvalue weighted by atomic mass is 9.94. The molecule has 2 N–H and O–H groups in total. The van der Waals surface area contributed by atoms with Crippen LogP contribution in [0.4, 0.5) is 0 Å². The third-order valence-corrected chi connectivity index (χ3v) is 4.42. The number of aliphatic hydroxyl groups excluding tert-OH is 1. The Morgan fingerprint density at radius 1 is 0.846 bits per heavy atom. The molecular formula is C22H21NO3. The molecule has 0 spiro atoms. The molecule has 132 valence electrons. The summed E-state index contributed by atoms with van der Waals surface area (Å²) >= 11 is 0. The van der Waals surface area contributed by atoms with Gasteiger partial charge in [0.15, 0.2) is 0 Å². The average Bonchev–Trinajstić information content (AvgIpc) is 2.70. The lowest BCUT2D eigenvalue weighted by molar-refractivity contribution is 0.104. The molecule has 1 heterocycles. The van der Waals surface area contributed by atoms with Crippen LogP contribution >= 0.6 is 0 Å². The molecule has 0 saturated carbocycles. The van der Waals surface area contributed by atoms with E-state index in [0.717, 1.165) is 28.4 Å². The smallest absolute Gasteiger partial charge is 0.132 e. The molecule has 1 atom stereocenters. The number of ether oxygens (including phenoxy) is 2. The highest BCUT2D eigenvalue weighted by Crippen LogP contribution is 2.42. The largest absolute Gasteiger partial charge is 0.491 e. The first-order chi connectivity index (χ1) is 12.8. The van der Waals surface area contributed by atoms with Crippen LogP contribution < -0.4 is 14.8 Å². The van der Waals surface area contributed by atoms with Crippen molar-refractivity contribution in [2.45, 2.75) is 12.1 Å². The molecule has 0 radical (unpaired) electrons. The number of rotatable bonds is 6. The van der Waals surface area contributed by atoms with Crippen molar-refractivity contribution in [3.05, 3.63) is 90.0 Å². The van der Waals surface area contributed by atoms with Crippen LogP contribution in [0.5, 0.6) is 17.2 Å². The Balaban J connectivity index is 1.44. The second-order valence-corrected chi connectivity index (χ2v) is 6.30. The molecule has 0 aliphatic carbocycles. The van der Waals surface area contributed by atoms with Crippen LogP contribution in [0.3, 0.4) is 0 Å². The highest BCUT2D eigenvalue weighted by Gasteiger charge is 2.26. The molecule has 0 bridgehead atoms. The van der Waals surface area contributed by atoms with Crippen molar-refractivity contribution < 1.29 is 14.6 Å². The van der Waals surface area contributed by atoms with Crippen LogP contribution in [0.1, 0.15) is 17.2 Å². The zero-order valence-corrected chi connectivity index (χ0v) is 14.3. The standard InChI is InChI=1S/C22H21NO3/c24-16(15-25-17-8-2-1-3-9-17)14-23-22-18-10-4-6-12-20(18)26-21-13-7-5-11-19(21)22/h1-13,16,22-24H,14-15H2. The fourth-order valence-electron chi connectivity index (χ4n) is 3.15. The van der Waals surface area contributed by atoms with Gasteiger partial charge in [0.1, 0.15) is 30.0 Å². The first-order valence-corrected chi connectivity index (χ1v) is 8.76. The van der Waals surface area contributed by atoms with Crippen molar-refractivity contribution in [2.75, 3.05) is 13.2 Å². The van der Waals surface area contributed by atoms with Crippen molar-refractivity contribution in [1.29, 1.82) is 0 Å². The lowest BCUT2D eigenvalue weighted by Crippen LogP contribution is -2.35. The fraction of sp³-hybridized carbons (Fsp3) is 0.182. The van der Waals surface area contributed by atoms with E-state index in [1.54, 1.807) is 0 Å². The van der Waals surface area contributed by atoms with Gasteiger partial charge in [-0.05, 0) is 24.3 Å². The molecule has 4 rings (SSSR count). The normalized spacial score (nSPS) is 14.0. The van der Waals surface area contributed by atoms with Crippen LogP contribution in [0, 0.1) is 0 Å². The summed E-state index contributed by atoms with van der Waals surface area (Å²) in [4.78, 5) is 0. The summed E-state index contributed by atoms with van der Waals surface area (Å²) in [6.45, 7) is 0.656. The van der Waals surface area contributed by atoms with E-state index in [2.05, 4.69) is 17.4 Å². The van der Waals surface area contributed by atoms with Crippen molar-refractivity contribution in [3.63, 3.8) is 0 Å². The van der Waals surface area contributed by atoms with Crippen LogP contribution in [0.15, 0.2) is 78.9 Å². The minimum atomic E-state index is -0.614. The van der Waals surface area contributed by atoms with Gasteiger partial charge in [0.05, 0.1) is 6.04 Å². The van der Waals surface area contributed by atoms with Crippen LogP contribution in [-0.2, 0) is 0 Å². The summed E-state index contributed by atoms with van der Waals surface area (Å²) in [5, 5.41) is 13.8. The van der Waals surface area contributed by atoms with Crippen molar-refractivity contribution in [3.8, 4) is 17.2 Å². The third-order valence-electron chi connectivity index (χ3n) is 4.42. The second kappa shape index (κ2) is 7.60. The Morgan fingerprint density at radius 3 is 2.08 bits per heavy atom. The number of hydrogen-bond donors (Lipinski definition) is 2. The highest BCUT2D eigenvalue weighted by atomic mass is 16.5. The van der Waals surface area contributed by atoms with Crippen molar-refractivity contribution in [1.82, 2.24) is 5.32 Å². The first-order valence-electron chi connectivity index (χ1n) is 8.76. The summed E-state index contributed by atoms with van der Waals surface area (Å²) in [6, 6.07) is 25.5. The van der Waals surface area contributed by atoms with E-state index in [0.29, 0.717) is 6.54 Å². The van der Waals surface area contributed by atoms with Crippen LogP contribution in [0.2, 0.25) is 0 Å². The maximum Gasteiger partial charge on any atom is 0.132 e. The van der Waals surface area contributed by atoms with Gasteiger partial charge in [-0.25, -0.2) is 0 Å². The molecule has 1 aliphatic rings. The Labute approximate surface area is 153 Å². The zero-order valence-electron chi connectivity index (χ0n) is 14.3. The molecule has 0 fully saturated rings. The van der Waals surface area contributed by atoms with E-state index in [9.17, 15) is 5.11 Å². The molecule has 4 heteroatoms. The second-order valence-electron chi connectivity index (χ2n) is 6.30. The molecule has 3 aromatic rings. The van der Waals surface area contributed by atoms with Gasteiger partial charge in [-0.15, -0.1) is 0 Å². The van der Waals surface area contributed by atoms with Gasteiger partial charge < -0.3 is 19.9 Å². The van der Waals surface area contributed by atoms with Gasteiger partial charge in [-0.1, -0.05) is 54.6 Å². The van der Waals surface area contributed by atoms with E-state index in [4.69, 9.17) is 9.47 Å². The first kappa shape index (κ1) is 16.6. The number of nitrogens with one attached hydrogen (secondary N) is 1. The van der Waals surface area contributed by atoms with E-state index in [1.807, 2.05) is 66.7 Å². The monoisotopic (exact) mass is 347 g/mol. The maximum absolute atomic E-state index is 10.3. The highest BCUT2D eigenvalue weighted by molar-refractivity contribution is 5.52. The topological polar surface area (TPSA) is 50.7 Å². The number of para-hydroxylation sites is 3. The van der Waals surface area contributed by atoms with E-state index >= 15 is 0 Å². The number of hydrogen-bond acceptors (Lipinski definition) is 4. The Morgan fingerprint density at radius 2 is 1.42 bits per heavy atom. The Hall–Kier alpha value is -2.82. The van der Waals surface area contributed by atoms with Crippen molar-refractivity contribution in [2.24, 2.45) is 0 Å². The summed E-state index contributed by atoms with van der Waals surface area (Å²) < 4.78 is 11.6. The van der Waals surface area contributed by atoms with Gasteiger partial charge >= 0.3 is 0 Å².